The van der Waals surface area contributed by atoms with Crippen LogP contribution in [0.25, 0.3) is 0 Å². The number of hydrogen-bond acceptors (Lipinski definition) is 4. The van der Waals surface area contributed by atoms with E-state index in [1.54, 1.807) is 6.20 Å². The quantitative estimate of drug-likeness (QED) is 0.682. The van der Waals surface area contributed by atoms with Gasteiger partial charge in [0.15, 0.2) is 0 Å². The SMILES string of the molecule is CCSCCCNCc1ccno1. The Bertz CT molecular complexity index is 201. The second-order valence-corrected chi connectivity index (χ2v) is 4.10. The fraction of sp³-hybridized carbons (Fsp3) is 0.667. The summed E-state index contributed by atoms with van der Waals surface area (Å²) in [5, 5.41) is 6.93. The highest BCUT2D eigenvalue weighted by Gasteiger charge is 1.94. The minimum absolute atomic E-state index is 0.788. The Morgan fingerprint density at radius 2 is 2.54 bits per heavy atom. The monoisotopic (exact) mass is 200 g/mol. The summed E-state index contributed by atoms with van der Waals surface area (Å²) in [4.78, 5) is 0. The molecule has 0 aromatic carbocycles. The summed E-state index contributed by atoms with van der Waals surface area (Å²) in [7, 11) is 0. The molecule has 0 aliphatic heterocycles. The molecule has 74 valence electrons. The minimum Gasteiger partial charge on any atom is -0.360 e. The maximum absolute atomic E-state index is 4.94. The Hall–Kier alpha value is -0.480. The molecular formula is C9H16N2OS. The Kier molecular flexibility index (Phi) is 5.69. The smallest absolute Gasteiger partial charge is 0.150 e. The molecule has 1 N–H and O–H groups in total. The van der Waals surface area contributed by atoms with Crippen molar-refractivity contribution in [1.82, 2.24) is 10.5 Å². The maximum Gasteiger partial charge on any atom is 0.150 e. The lowest BCUT2D eigenvalue weighted by Gasteiger charge is -2.00. The van der Waals surface area contributed by atoms with Crippen LogP contribution in [-0.4, -0.2) is 23.2 Å². The molecular weight excluding hydrogens is 184 g/mol. The highest BCUT2D eigenvalue weighted by atomic mass is 32.2. The summed E-state index contributed by atoms with van der Waals surface area (Å²) in [5.41, 5.74) is 0. The second kappa shape index (κ2) is 6.97. The molecule has 0 radical (unpaired) electrons. The van der Waals surface area contributed by atoms with Crippen molar-refractivity contribution in [3.63, 3.8) is 0 Å². The van der Waals surface area contributed by atoms with Crippen molar-refractivity contribution >= 4 is 11.8 Å². The fourth-order valence-corrected chi connectivity index (χ4v) is 1.63. The summed E-state index contributed by atoms with van der Waals surface area (Å²) in [6, 6.07) is 1.88. The molecule has 1 heterocycles. The molecule has 0 fully saturated rings. The van der Waals surface area contributed by atoms with Gasteiger partial charge in [0.1, 0.15) is 5.76 Å². The molecule has 1 aromatic heterocycles. The molecule has 1 aromatic rings. The Balaban J connectivity index is 1.90. The molecule has 0 aliphatic rings. The van der Waals surface area contributed by atoms with E-state index in [4.69, 9.17) is 4.52 Å². The van der Waals surface area contributed by atoms with Gasteiger partial charge in [-0.15, -0.1) is 0 Å². The van der Waals surface area contributed by atoms with Gasteiger partial charge in [-0.2, -0.15) is 11.8 Å². The van der Waals surface area contributed by atoms with E-state index >= 15 is 0 Å². The zero-order chi connectivity index (χ0) is 9.36. The predicted octanol–water partition coefficient (Wildman–Crippen LogP) is 1.91. The first-order valence-corrected chi connectivity index (χ1v) is 5.77. The van der Waals surface area contributed by atoms with E-state index in [2.05, 4.69) is 17.4 Å². The van der Waals surface area contributed by atoms with Crippen molar-refractivity contribution in [1.29, 1.82) is 0 Å². The van der Waals surface area contributed by atoms with E-state index in [0.717, 1.165) is 18.8 Å². The Morgan fingerprint density at radius 3 is 3.23 bits per heavy atom. The predicted molar refractivity (Wildman–Crippen MR) is 55.8 cm³/mol. The standard InChI is InChI=1S/C9H16N2OS/c1-2-13-7-3-5-10-8-9-4-6-11-12-9/h4,6,10H,2-3,5,7-8H2,1H3. The zero-order valence-corrected chi connectivity index (χ0v) is 8.77. The molecule has 1 rings (SSSR count). The van der Waals surface area contributed by atoms with Gasteiger partial charge in [-0.3, -0.25) is 0 Å². The number of nitrogens with one attached hydrogen (secondary N) is 1. The third kappa shape index (κ3) is 4.95. The first kappa shape index (κ1) is 10.6. The van der Waals surface area contributed by atoms with Gasteiger partial charge in [-0.1, -0.05) is 12.1 Å². The maximum atomic E-state index is 4.94. The molecule has 3 nitrogen and oxygen atoms in total. The van der Waals surface area contributed by atoms with Gasteiger partial charge in [0.25, 0.3) is 0 Å². The van der Waals surface area contributed by atoms with Crippen LogP contribution in [0.3, 0.4) is 0 Å². The van der Waals surface area contributed by atoms with Crippen LogP contribution in [0, 0.1) is 0 Å². The Morgan fingerprint density at radius 1 is 1.62 bits per heavy atom. The summed E-state index contributed by atoms with van der Waals surface area (Å²) >= 11 is 1.98. The number of nitrogens with zero attached hydrogens (tertiary/aromatic N) is 1. The van der Waals surface area contributed by atoms with Crippen molar-refractivity contribution in [3.05, 3.63) is 18.0 Å². The van der Waals surface area contributed by atoms with E-state index < -0.39 is 0 Å². The summed E-state index contributed by atoms with van der Waals surface area (Å²) in [6.45, 7) is 4.02. The van der Waals surface area contributed by atoms with Crippen LogP contribution < -0.4 is 5.32 Å². The van der Waals surface area contributed by atoms with Crippen LogP contribution in [0.15, 0.2) is 16.8 Å². The second-order valence-electron chi connectivity index (χ2n) is 2.71. The third-order valence-electron chi connectivity index (χ3n) is 1.64. The highest BCUT2D eigenvalue weighted by molar-refractivity contribution is 7.99. The molecule has 0 amide bonds. The van der Waals surface area contributed by atoms with Crippen LogP contribution in [0.1, 0.15) is 19.1 Å². The zero-order valence-electron chi connectivity index (χ0n) is 7.95. The molecule has 0 bridgehead atoms. The van der Waals surface area contributed by atoms with Crippen molar-refractivity contribution < 1.29 is 4.52 Å². The number of rotatable bonds is 7. The van der Waals surface area contributed by atoms with Crippen LogP contribution in [-0.2, 0) is 6.54 Å². The van der Waals surface area contributed by atoms with E-state index in [1.807, 2.05) is 17.8 Å². The number of thioether (sulfide) groups is 1. The normalized spacial score (nSPS) is 10.5. The molecule has 0 saturated heterocycles. The van der Waals surface area contributed by atoms with E-state index in [-0.39, 0.29) is 0 Å². The first-order chi connectivity index (χ1) is 6.43. The van der Waals surface area contributed by atoms with Gasteiger partial charge in [0, 0.05) is 6.07 Å². The van der Waals surface area contributed by atoms with Gasteiger partial charge in [0.05, 0.1) is 12.7 Å². The van der Waals surface area contributed by atoms with E-state index in [9.17, 15) is 0 Å². The highest BCUT2D eigenvalue weighted by Crippen LogP contribution is 2.00. The van der Waals surface area contributed by atoms with Crippen LogP contribution in [0.4, 0.5) is 0 Å². The van der Waals surface area contributed by atoms with Gasteiger partial charge in [-0.25, -0.2) is 0 Å². The average molecular weight is 200 g/mol. The minimum atomic E-state index is 0.788. The lowest BCUT2D eigenvalue weighted by atomic mass is 10.4. The molecule has 0 aliphatic carbocycles. The average Bonchev–Trinajstić information content (AvgIpc) is 2.63. The molecule has 4 heteroatoms. The molecule has 0 unspecified atom stereocenters. The molecule has 0 saturated carbocycles. The van der Waals surface area contributed by atoms with Crippen molar-refractivity contribution in [3.8, 4) is 0 Å². The molecule has 0 atom stereocenters. The van der Waals surface area contributed by atoms with Crippen molar-refractivity contribution in [2.45, 2.75) is 19.9 Å². The summed E-state index contributed by atoms with van der Waals surface area (Å²) in [5.74, 6) is 3.35. The lowest BCUT2D eigenvalue weighted by Crippen LogP contribution is -2.14. The van der Waals surface area contributed by atoms with Crippen LogP contribution in [0.2, 0.25) is 0 Å². The lowest BCUT2D eigenvalue weighted by molar-refractivity contribution is 0.373. The summed E-state index contributed by atoms with van der Waals surface area (Å²) < 4.78 is 4.94. The van der Waals surface area contributed by atoms with Crippen LogP contribution in [0.5, 0.6) is 0 Å². The molecule has 0 spiro atoms. The van der Waals surface area contributed by atoms with Gasteiger partial charge in [0.2, 0.25) is 0 Å². The van der Waals surface area contributed by atoms with Gasteiger partial charge < -0.3 is 9.84 Å². The molecule has 13 heavy (non-hydrogen) atoms. The summed E-state index contributed by atoms with van der Waals surface area (Å²) in [6.07, 6.45) is 2.89. The van der Waals surface area contributed by atoms with E-state index in [0.29, 0.717) is 0 Å². The largest absolute Gasteiger partial charge is 0.360 e. The fourth-order valence-electron chi connectivity index (χ4n) is 0.988. The topological polar surface area (TPSA) is 38.1 Å². The Labute approximate surface area is 83.3 Å². The van der Waals surface area contributed by atoms with Gasteiger partial charge in [-0.05, 0) is 24.5 Å². The third-order valence-corrected chi connectivity index (χ3v) is 2.62. The van der Waals surface area contributed by atoms with Crippen molar-refractivity contribution in [2.24, 2.45) is 0 Å². The number of hydrogen-bond donors (Lipinski definition) is 1. The van der Waals surface area contributed by atoms with Crippen molar-refractivity contribution in [2.75, 3.05) is 18.1 Å². The number of aromatic nitrogens is 1. The van der Waals surface area contributed by atoms with Gasteiger partial charge >= 0.3 is 0 Å². The van der Waals surface area contributed by atoms with E-state index in [1.165, 1.54) is 17.9 Å². The van der Waals surface area contributed by atoms with Crippen LogP contribution >= 0.6 is 11.8 Å². The first-order valence-electron chi connectivity index (χ1n) is 4.61.